The van der Waals surface area contributed by atoms with Gasteiger partial charge in [0.1, 0.15) is 0 Å². The lowest BCUT2D eigenvalue weighted by Crippen LogP contribution is -1.95. The van der Waals surface area contributed by atoms with Gasteiger partial charge in [0, 0.05) is 0 Å². The second kappa shape index (κ2) is 2.92. The molecule has 1 aromatic rings. The third-order valence-corrected chi connectivity index (χ3v) is 1.23. The van der Waals surface area contributed by atoms with Crippen LogP contribution in [0.1, 0.15) is 11.9 Å². The van der Waals surface area contributed by atoms with E-state index in [4.69, 9.17) is 0 Å². The molecular weight excluding hydrogens is 157 g/mol. The van der Waals surface area contributed by atoms with Gasteiger partial charge in [-0.25, -0.2) is 13.2 Å². The Labute approximate surface area is 61.1 Å². The quantitative estimate of drug-likeness (QED) is 0.602. The minimum absolute atomic E-state index is 0.787. The Morgan fingerprint density at radius 1 is 1.27 bits per heavy atom. The van der Waals surface area contributed by atoms with Crippen molar-refractivity contribution in [3.63, 3.8) is 0 Å². The smallest absolute Gasteiger partial charge is 0.207 e. The summed E-state index contributed by atoms with van der Waals surface area (Å²) < 4.78 is 36.6. The van der Waals surface area contributed by atoms with Gasteiger partial charge in [-0.2, -0.15) is 5.11 Å². The van der Waals surface area contributed by atoms with Gasteiger partial charge in [0.15, 0.2) is 11.6 Å². The van der Waals surface area contributed by atoms with E-state index in [0.717, 1.165) is 18.2 Å². The van der Waals surface area contributed by atoms with Crippen molar-refractivity contribution in [1.29, 1.82) is 0 Å². The average molecular weight is 161 g/mol. The van der Waals surface area contributed by atoms with E-state index in [2.05, 4.69) is 0 Å². The number of hydrogen-bond donors (Lipinski definition) is 0. The van der Waals surface area contributed by atoms with Gasteiger partial charge < -0.3 is 0 Å². The maximum Gasteiger partial charge on any atom is 0.259 e. The fourth-order valence-electron chi connectivity index (χ4n) is 0.696. The van der Waals surface area contributed by atoms with Crippen LogP contribution in [-0.2, 0) is 5.11 Å². The van der Waals surface area contributed by atoms with Crippen LogP contribution < -0.4 is 0 Å². The first-order valence-electron chi connectivity index (χ1n) is 2.86. The zero-order chi connectivity index (χ0) is 8.43. The van der Waals surface area contributed by atoms with Gasteiger partial charge >= 0.3 is 0 Å². The Balaban J connectivity index is 3.17. The zero-order valence-corrected chi connectivity index (χ0v) is 5.35. The Bertz CT molecular complexity index is 260. The molecule has 1 aromatic carbocycles. The molecule has 1 radical (unpaired) electrons. The highest BCUT2D eigenvalue weighted by molar-refractivity contribution is 5.19. The van der Waals surface area contributed by atoms with E-state index in [1.165, 1.54) is 0 Å². The maximum absolute atomic E-state index is 12.4. The van der Waals surface area contributed by atoms with Crippen LogP contribution in [0.2, 0.25) is 0 Å². The summed E-state index contributed by atoms with van der Waals surface area (Å²) in [5.74, 6) is -2.61. The summed E-state index contributed by atoms with van der Waals surface area (Å²) >= 11 is 0. The molecule has 59 valence electrons. The molecular formula is C7H4F3O. The molecule has 1 rings (SSSR count). The van der Waals surface area contributed by atoms with Crippen LogP contribution in [0.4, 0.5) is 13.2 Å². The van der Waals surface area contributed by atoms with Crippen molar-refractivity contribution in [3.8, 4) is 0 Å². The Kier molecular flexibility index (Phi) is 2.14. The number of alkyl halides is 1. The highest BCUT2D eigenvalue weighted by Gasteiger charge is 2.15. The van der Waals surface area contributed by atoms with Gasteiger partial charge in [0.2, 0.25) is 0 Å². The lowest BCUT2D eigenvalue weighted by atomic mass is 10.2. The van der Waals surface area contributed by atoms with E-state index in [1.54, 1.807) is 0 Å². The monoisotopic (exact) mass is 161 g/mol. The predicted molar refractivity (Wildman–Crippen MR) is 30.9 cm³/mol. The summed E-state index contributed by atoms with van der Waals surface area (Å²) in [5, 5.41) is 10.0. The lowest BCUT2D eigenvalue weighted by Gasteiger charge is -2.00. The average Bonchev–Trinajstić information content (AvgIpc) is 1.94. The van der Waals surface area contributed by atoms with Crippen molar-refractivity contribution in [3.05, 3.63) is 35.4 Å². The molecule has 0 saturated carbocycles. The molecule has 1 unspecified atom stereocenters. The molecule has 0 spiro atoms. The Morgan fingerprint density at radius 2 is 1.91 bits per heavy atom. The molecule has 0 aromatic heterocycles. The van der Waals surface area contributed by atoms with Crippen molar-refractivity contribution in [1.82, 2.24) is 0 Å². The third-order valence-electron chi connectivity index (χ3n) is 1.23. The van der Waals surface area contributed by atoms with Crippen LogP contribution in [0.25, 0.3) is 0 Å². The summed E-state index contributed by atoms with van der Waals surface area (Å²) in [4.78, 5) is 0. The van der Waals surface area contributed by atoms with E-state index in [9.17, 15) is 18.3 Å². The molecule has 0 amide bonds. The molecule has 1 atom stereocenters. The van der Waals surface area contributed by atoms with Crippen LogP contribution in [0, 0.1) is 11.6 Å². The third kappa shape index (κ3) is 1.51. The first-order chi connectivity index (χ1) is 5.13. The summed E-state index contributed by atoms with van der Waals surface area (Å²) in [6.45, 7) is 0. The van der Waals surface area contributed by atoms with Crippen LogP contribution in [0.5, 0.6) is 0 Å². The van der Waals surface area contributed by atoms with Crippen LogP contribution in [0.15, 0.2) is 18.2 Å². The zero-order valence-electron chi connectivity index (χ0n) is 5.35. The van der Waals surface area contributed by atoms with Crippen LogP contribution >= 0.6 is 0 Å². The van der Waals surface area contributed by atoms with Gasteiger partial charge in [-0.15, -0.1) is 0 Å². The Morgan fingerprint density at radius 3 is 2.36 bits per heavy atom. The number of benzene rings is 1. The molecule has 4 heteroatoms. The molecule has 0 bridgehead atoms. The van der Waals surface area contributed by atoms with E-state index in [1.807, 2.05) is 0 Å². The molecule has 0 aliphatic rings. The van der Waals surface area contributed by atoms with E-state index < -0.39 is 23.6 Å². The first-order valence-corrected chi connectivity index (χ1v) is 2.86. The SMILES string of the molecule is [O]C(F)c1cccc(F)c1F. The topological polar surface area (TPSA) is 19.9 Å². The standard InChI is InChI=1S/C7H4F3O/c8-5-3-1-2-4(6(5)9)7(10)11/h1-3,7H. The lowest BCUT2D eigenvalue weighted by molar-refractivity contribution is -0.0277. The molecule has 0 aliphatic carbocycles. The van der Waals surface area contributed by atoms with Gasteiger partial charge in [-0.05, 0) is 6.07 Å². The van der Waals surface area contributed by atoms with Crippen molar-refractivity contribution in [2.75, 3.05) is 0 Å². The predicted octanol–water partition coefficient (Wildman–Crippen LogP) is 2.36. The second-order valence-corrected chi connectivity index (χ2v) is 1.96. The summed E-state index contributed by atoms with van der Waals surface area (Å²) in [6, 6.07) is 2.82. The fourth-order valence-corrected chi connectivity index (χ4v) is 0.696. The van der Waals surface area contributed by atoms with Crippen molar-refractivity contribution in [2.24, 2.45) is 0 Å². The van der Waals surface area contributed by atoms with Crippen molar-refractivity contribution >= 4 is 0 Å². The molecule has 0 fully saturated rings. The first kappa shape index (κ1) is 8.07. The van der Waals surface area contributed by atoms with Crippen molar-refractivity contribution in [2.45, 2.75) is 6.36 Å². The fraction of sp³-hybridized carbons (Fsp3) is 0.143. The second-order valence-electron chi connectivity index (χ2n) is 1.96. The number of hydrogen-bond acceptors (Lipinski definition) is 0. The molecule has 11 heavy (non-hydrogen) atoms. The normalized spacial score (nSPS) is 13.1. The minimum atomic E-state index is -2.72. The molecule has 0 saturated heterocycles. The maximum atomic E-state index is 12.4. The van der Waals surface area contributed by atoms with Crippen LogP contribution in [-0.4, -0.2) is 0 Å². The molecule has 0 aliphatic heterocycles. The van der Waals surface area contributed by atoms with Gasteiger partial charge in [0.05, 0.1) is 5.56 Å². The van der Waals surface area contributed by atoms with E-state index >= 15 is 0 Å². The van der Waals surface area contributed by atoms with Gasteiger partial charge in [-0.1, -0.05) is 12.1 Å². The molecule has 0 heterocycles. The summed E-state index contributed by atoms with van der Waals surface area (Å²) in [7, 11) is 0. The summed E-state index contributed by atoms with van der Waals surface area (Å²) in [6.07, 6.45) is -2.72. The van der Waals surface area contributed by atoms with E-state index in [0.29, 0.717) is 0 Å². The highest BCUT2D eigenvalue weighted by atomic mass is 19.2. The highest BCUT2D eigenvalue weighted by Crippen LogP contribution is 2.19. The largest absolute Gasteiger partial charge is 0.259 e. The van der Waals surface area contributed by atoms with Gasteiger partial charge in [-0.3, -0.25) is 0 Å². The molecule has 0 N–H and O–H groups in total. The van der Waals surface area contributed by atoms with E-state index in [-0.39, 0.29) is 0 Å². The number of rotatable bonds is 1. The molecule has 1 nitrogen and oxygen atoms in total. The van der Waals surface area contributed by atoms with Crippen LogP contribution in [0.3, 0.4) is 0 Å². The summed E-state index contributed by atoms with van der Waals surface area (Å²) in [5.41, 5.74) is -0.787. The van der Waals surface area contributed by atoms with Crippen molar-refractivity contribution < 1.29 is 18.3 Å². The Hall–Kier alpha value is -1.03. The van der Waals surface area contributed by atoms with Gasteiger partial charge in [0.25, 0.3) is 6.36 Å². The minimum Gasteiger partial charge on any atom is -0.207 e. The number of halogens is 3.